The van der Waals surface area contributed by atoms with Gasteiger partial charge in [-0.3, -0.25) is 19.4 Å². The Morgan fingerprint density at radius 1 is 1.02 bits per heavy atom. The average molecular weight is 625 g/mol. The van der Waals surface area contributed by atoms with Crippen LogP contribution in [-0.4, -0.2) is 70.4 Å². The summed E-state index contributed by atoms with van der Waals surface area (Å²) in [5.74, 6) is -0.954. The number of nitrogens with one attached hydrogen (secondary N) is 2. The van der Waals surface area contributed by atoms with E-state index in [9.17, 15) is 22.8 Å². The number of ketones is 1. The summed E-state index contributed by atoms with van der Waals surface area (Å²) in [5, 5.41) is 6.28. The van der Waals surface area contributed by atoms with Crippen LogP contribution in [0.4, 0.5) is 0 Å². The van der Waals surface area contributed by atoms with Gasteiger partial charge in [-0.25, -0.2) is 18.4 Å². The molecule has 13 heteroatoms. The molecular weight excluding hydrogens is 589 g/mol. The maximum absolute atomic E-state index is 13.7. The van der Waals surface area contributed by atoms with Crippen molar-refractivity contribution in [1.82, 2.24) is 29.9 Å². The number of carbonyl (C=O) groups excluding carboxylic acids is 3. The molecule has 0 bridgehead atoms. The van der Waals surface area contributed by atoms with Crippen LogP contribution in [0.1, 0.15) is 66.7 Å². The van der Waals surface area contributed by atoms with Crippen LogP contribution in [0.25, 0.3) is 10.7 Å². The van der Waals surface area contributed by atoms with Crippen LogP contribution in [0.15, 0.2) is 53.8 Å². The highest BCUT2D eigenvalue weighted by Gasteiger charge is 2.35. The molecule has 1 aliphatic carbocycles. The van der Waals surface area contributed by atoms with E-state index in [4.69, 9.17) is 0 Å². The molecule has 2 N–H and O–H groups in total. The van der Waals surface area contributed by atoms with E-state index in [2.05, 4.69) is 25.6 Å². The number of thiazole rings is 1. The van der Waals surface area contributed by atoms with E-state index in [0.29, 0.717) is 40.5 Å². The molecule has 5 rings (SSSR count). The summed E-state index contributed by atoms with van der Waals surface area (Å²) >= 11 is 1.22. The Kier molecular flexibility index (Phi) is 9.93. The first-order valence-corrected chi connectivity index (χ1v) is 16.9. The van der Waals surface area contributed by atoms with Crippen molar-refractivity contribution < 1.29 is 22.8 Å². The molecule has 2 fully saturated rings. The van der Waals surface area contributed by atoms with Crippen LogP contribution in [0.5, 0.6) is 0 Å². The minimum Gasteiger partial charge on any atom is -0.344 e. The van der Waals surface area contributed by atoms with Gasteiger partial charge in [0.15, 0.2) is 10.8 Å². The van der Waals surface area contributed by atoms with Crippen molar-refractivity contribution in [2.24, 2.45) is 5.92 Å². The molecule has 3 aromatic heterocycles. The number of pyridine rings is 2. The van der Waals surface area contributed by atoms with Crippen LogP contribution in [0.3, 0.4) is 0 Å². The molecular formula is C30H36N6O5S2. The summed E-state index contributed by atoms with van der Waals surface area (Å²) in [6, 6.07) is 8.38. The molecule has 3 aromatic rings. The van der Waals surface area contributed by atoms with Crippen LogP contribution < -0.4 is 10.6 Å². The van der Waals surface area contributed by atoms with Crippen molar-refractivity contribution in [2.45, 2.75) is 75.4 Å². The molecule has 0 spiro atoms. The summed E-state index contributed by atoms with van der Waals surface area (Å²) in [6.45, 7) is 1.53. The minimum atomic E-state index is -3.95. The first kappa shape index (κ1) is 30.9. The Bertz CT molecular complexity index is 1540. The fraction of sp³-hybridized carbons (Fsp3) is 0.467. The Labute approximate surface area is 255 Å². The fourth-order valence-electron chi connectivity index (χ4n) is 5.68. The van der Waals surface area contributed by atoms with Gasteiger partial charge in [0.2, 0.25) is 5.91 Å². The number of amides is 2. The van der Waals surface area contributed by atoms with E-state index >= 15 is 0 Å². The Hall–Kier alpha value is -3.55. The van der Waals surface area contributed by atoms with Gasteiger partial charge >= 0.3 is 0 Å². The number of hydrogen-bond acceptors (Lipinski definition) is 9. The monoisotopic (exact) mass is 624 g/mol. The van der Waals surface area contributed by atoms with Crippen molar-refractivity contribution in [2.75, 3.05) is 13.1 Å². The summed E-state index contributed by atoms with van der Waals surface area (Å²) in [7, 11) is -3.95. The fourth-order valence-corrected chi connectivity index (χ4v) is 8.00. The normalized spacial score (nSPS) is 19.4. The van der Waals surface area contributed by atoms with Crippen molar-refractivity contribution in [3.8, 4) is 10.7 Å². The number of sulfonamides is 1. The Morgan fingerprint density at radius 2 is 1.77 bits per heavy atom. The molecule has 2 atom stereocenters. The number of aromatic nitrogens is 3. The molecule has 4 heterocycles. The largest absolute Gasteiger partial charge is 0.344 e. The molecule has 1 saturated heterocycles. The second-order valence-electron chi connectivity index (χ2n) is 11.1. The SMILES string of the molecule is Cc1nc(-c2ccccn2)sc1C(=O)N[C@@H](CC1CCCCC1)C(=O)N[C@@H]1CCCN(S(=O)(=O)c2ccccn2)CC1=O. The summed E-state index contributed by atoms with van der Waals surface area (Å²) in [6.07, 6.45) is 9.47. The summed E-state index contributed by atoms with van der Waals surface area (Å²) < 4.78 is 27.3. The quantitative estimate of drug-likeness (QED) is 0.367. The van der Waals surface area contributed by atoms with E-state index in [1.54, 1.807) is 25.3 Å². The van der Waals surface area contributed by atoms with Gasteiger partial charge in [0.1, 0.15) is 15.9 Å². The molecule has 0 unspecified atom stereocenters. The maximum Gasteiger partial charge on any atom is 0.263 e. The number of nitrogens with zero attached hydrogens (tertiary/aromatic N) is 4. The Morgan fingerprint density at radius 3 is 2.47 bits per heavy atom. The molecule has 1 saturated carbocycles. The molecule has 1 aliphatic heterocycles. The first-order chi connectivity index (χ1) is 20.7. The van der Waals surface area contributed by atoms with E-state index in [1.165, 1.54) is 23.6 Å². The molecule has 228 valence electrons. The number of carbonyl (C=O) groups is 3. The number of Topliss-reactive ketones (excluding diaryl/α,β-unsaturated/α-hetero) is 1. The van der Waals surface area contributed by atoms with E-state index in [-0.39, 0.29) is 24.0 Å². The van der Waals surface area contributed by atoms with E-state index in [1.807, 2.05) is 18.2 Å². The third kappa shape index (κ3) is 7.51. The van der Waals surface area contributed by atoms with Crippen LogP contribution >= 0.6 is 11.3 Å². The summed E-state index contributed by atoms with van der Waals surface area (Å²) in [5.41, 5.74) is 1.21. The van der Waals surface area contributed by atoms with Gasteiger partial charge in [0, 0.05) is 18.9 Å². The summed E-state index contributed by atoms with van der Waals surface area (Å²) in [4.78, 5) is 53.6. The van der Waals surface area contributed by atoms with Crippen molar-refractivity contribution in [1.29, 1.82) is 0 Å². The molecule has 11 nitrogen and oxygen atoms in total. The lowest BCUT2D eigenvalue weighted by Crippen LogP contribution is -2.53. The zero-order valence-electron chi connectivity index (χ0n) is 24.1. The second kappa shape index (κ2) is 13.8. The van der Waals surface area contributed by atoms with E-state index in [0.717, 1.165) is 36.4 Å². The molecule has 2 amide bonds. The second-order valence-corrected chi connectivity index (χ2v) is 14.0. The zero-order chi connectivity index (χ0) is 30.4. The predicted molar refractivity (Wildman–Crippen MR) is 162 cm³/mol. The minimum absolute atomic E-state index is 0.120. The van der Waals surface area contributed by atoms with Crippen molar-refractivity contribution in [3.05, 3.63) is 59.4 Å². The lowest BCUT2D eigenvalue weighted by atomic mass is 9.84. The third-order valence-electron chi connectivity index (χ3n) is 7.98. The first-order valence-electron chi connectivity index (χ1n) is 14.7. The van der Waals surface area contributed by atoms with Crippen LogP contribution in [0.2, 0.25) is 0 Å². The maximum atomic E-state index is 13.7. The van der Waals surface area contributed by atoms with Crippen LogP contribution in [0, 0.1) is 12.8 Å². The molecule has 0 radical (unpaired) electrons. The standard InChI is InChI=1S/C30H36N6O5S2/c1-20-27(42-30(33-20)23-12-5-7-15-31-23)29(39)35-24(18-21-10-3-2-4-11-21)28(38)34-22-13-9-17-36(19-25(22)37)43(40,41)26-14-6-8-16-32-26/h5-8,12,14-16,21-22,24H,2-4,9-11,13,17-19H2,1H3,(H,34,38)(H,35,39)/t22-,24+/m1/s1. The highest BCUT2D eigenvalue weighted by atomic mass is 32.2. The van der Waals surface area contributed by atoms with Gasteiger partial charge in [0.05, 0.1) is 24.0 Å². The predicted octanol–water partition coefficient (Wildman–Crippen LogP) is 3.52. The van der Waals surface area contributed by atoms with Gasteiger partial charge in [-0.05, 0) is 56.4 Å². The van der Waals surface area contributed by atoms with Gasteiger partial charge < -0.3 is 10.6 Å². The van der Waals surface area contributed by atoms with E-state index < -0.39 is 39.7 Å². The van der Waals surface area contributed by atoms with Crippen LogP contribution in [-0.2, 0) is 19.6 Å². The third-order valence-corrected chi connectivity index (χ3v) is 10.9. The lowest BCUT2D eigenvalue weighted by Gasteiger charge is -2.27. The van der Waals surface area contributed by atoms with Crippen molar-refractivity contribution in [3.63, 3.8) is 0 Å². The lowest BCUT2D eigenvalue weighted by molar-refractivity contribution is -0.129. The smallest absolute Gasteiger partial charge is 0.263 e. The van der Waals surface area contributed by atoms with Gasteiger partial charge in [-0.2, -0.15) is 4.31 Å². The highest BCUT2D eigenvalue weighted by molar-refractivity contribution is 7.89. The number of rotatable bonds is 9. The Balaban J connectivity index is 1.29. The molecule has 2 aliphatic rings. The topological polar surface area (TPSA) is 151 Å². The number of hydrogen-bond donors (Lipinski definition) is 2. The molecule has 0 aromatic carbocycles. The van der Waals surface area contributed by atoms with Gasteiger partial charge in [-0.1, -0.05) is 44.2 Å². The van der Waals surface area contributed by atoms with Crippen molar-refractivity contribution >= 4 is 39.0 Å². The number of aryl methyl sites for hydroxylation is 1. The highest BCUT2D eigenvalue weighted by Crippen LogP contribution is 2.29. The van der Waals surface area contributed by atoms with Gasteiger partial charge in [0.25, 0.3) is 15.9 Å². The molecule has 43 heavy (non-hydrogen) atoms. The van der Waals surface area contributed by atoms with Gasteiger partial charge in [-0.15, -0.1) is 11.3 Å². The average Bonchev–Trinajstić information content (AvgIpc) is 3.32. The zero-order valence-corrected chi connectivity index (χ0v) is 25.7.